The van der Waals surface area contributed by atoms with Crippen molar-refractivity contribution in [3.63, 3.8) is 0 Å². The quantitative estimate of drug-likeness (QED) is 0.637. The van der Waals surface area contributed by atoms with Gasteiger partial charge in [-0.25, -0.2) is 0 Å². The highest BCUT2D eigenvalue weighted by molar-refractivity contribution is 6.30. The van der Waals surface area contributed by atoms with Crippen LogP contribution in [0.5, 0.6) is 0 Å². The summed E-state index contributed by atoms with van der Waals surface area (Å²) < 4.78 is 2.00. The number of amides is 1. The van der Waals surface area contributed by atoms with Crippen LogP contribution in [0.3, 0.4) is 0 Å². The molecule has 1 rings (SSSR count). The second-order valence-corrected chi connectivity index (χ2v) is 5.83. The zero-order valence-corrected chi connectivity index (χ0v) is 14.8. The van der Waals surface area contributed by atoms with Crippen LogP contribution >= 0.6 is 11.6 Å². The first kappa shape index (κ1) is 18.4. The number of aromatic nitrogens is 1. The number of nitrogens with one attached hydrogen (secondary N) is 1. The van der Waals surface area contributed by atoms with Crippen LogP contribution in [0.15, 0.2) is 17.3 Å². The van der Waals surface area contributed by atoms with Crippen LogP contribution in [-0.4, -0.2) is 60.5 Å². The van der Waals surface area contributed by atoms with Gasteiger partial charge < -0.3 is 19.7 Å². The molecule has 0 saturated carbocycles. The van der Waals surface area contributed by atoms with E-state index in [2.05, 4.69) is 10.3 Å². The van der Waals surface area contributed by atoms with E-state index in [1.54, 1.807) is 19.0 Å². The molecule has 0 unspecified atom stereocenters. The molecule has 6 nitrogen and oxygen atoms in total. The maximum Gasteiger partial charge on any atom is 0.223 e. The van der Waals surface area contributed by atoms with Crippen LogP contribution in [0.2, 0.25) is 5.02 Å². The van der Waals surface area contributed by atoms with E-state index in [0.29, 0.717) is 19.5 Å². The lowest BCUT2D eigenvalue weighted by Gasteiger charge is -2.22. The summed E-state index contributed by atoms with van der Waals surface area (Å²) in [5, 5.41) is 3.97. The number of aryl methyl sites for hydroxylation is 1. The van der Waals surface area contributed by atoms with E-state index in [4.69, 9.17) is 11.6 Å². The van der Waals surface area contributed by atoms with Crippen LogP contribution in [0.1, 0.15) is 19.0 Å². The van der Waals surface area contributed by atoms with Crippen molar-refractivity contribution in [3.8, 4) is 0 Å². The highest BCUT2D eigenvalue weighted by atomic mass is 35.5. The average molecular weight is 328 g/mol. The minimum atomic E-state index is 0.0801. The Balaban J connectivity index is 2.68. The molecule has 1 amide bonds. The molecule has 0 spiro atoms. The Morgan fingerprint density at radius 1 is 1.41 bits per heavy atom. The van der Waals surface area contributed by atoms with Crippen LogP contribution in [0, 0.1) is 0 Å². The summed E-state index contributed by atoms with van der Waals surface area (Å²) >= 11 is 6.01. The molecule has 22 heavy (non-hydrogen) atoms. The van der Waals surface area contributed by atoms with Crippen molar-refractivity contribution in [2.24, 2.45) is 12.0 Å². The average Bonchev–Trinajstić information content (AvgIpc) is 2.75. The Hall–Kier alpha value is -1.69. The van der Waals surface area contributed by atoms with Gasteiger partial charge in [-0.15, -0.1) is 0 Å². The Morgan fingerprint density at radius 3 is 2.59 bits per heavy atom. The van der Waals surface area contributed by atoms with Gasteiger partial charge in [-0.05, 0) is 13.0 Å². The van der Waals surface area contributed by atoms with E-state index in [1.165, 1.54) is 0 Å². The second-order valence-electron chi connectivity index (χ2n) is 5.39. The van der Waals surface area contributed by atoms with Gasteiger partial charge in [-0.1, -0.05) is 11.6 Å². The van der Waals surface area contributed by atoms with Crippen LogP contribution in [0.25, 0.3) is 0 Å². The van der Waals surface area contributed by atoms with E-state index >= 15 is 0 Å². The lowest BCUT2D eigenvalue weighted by molar-refractivity contribution is -0.128. The SMILES string of the molecule is CCNC(=NCCC(=O)N(C)C)N(C)Cc1cc(Cl)cn1C. The van der Waals surface area contributed by atoms with Gasteiger partial charge in [-0.3, -0.25) is 9.79 Å². The first-order valence-corrected chi connectivity index (χ1v) is 7.73. The smallest absolute Gasteiger partial charge is 0.223 e. The molecule has 0 atom stereocenters. The summed E-state index contributed by atoms with van der Waals surface area (Å²) in [7, 11) is 7.44. The van der Waals surface area contributed by atoms with Crippen LogP contribution in [0.4, 0.5) is 0 Å². The topological polar surface area (TPSA) is 52.9 Å². The number of hydrogen-bond donors (Lipinski definition) is 1. The number of guanidine groups is 1. The Morgan fingerprint density at radius 2 is 2.09 bits per heavy atom. The molecule has 0 aliphatic heterocycles. The van der Waals surface area contributed by atoms with Gasteiger partial charge in [-0.2, -0.15) is 0 Å². The third-order valence-electron chi connectivity index (χ3n) is 3.26. The first-order valence-electron chi connectivity index (χ1n) is 7.35. The number of hydrogen-bond acceptors (Lipinski definition) is 2. The molecule has 7 heteroatoms. The van der Waals surface area contributed by atoms with Crippen molar-refractivity contribution in [1.82, 2.24) is 19.7 Å². The van der Waals surface area contributed by atoms with Gasteiger partial charge >= 0.3 is 0 Å². The fourth-order valence-corrected chi connectivity index (χ4v) is 2.26. The number of halogens is 1. The molecule has 0 aromatic carbocycles. The minimum absolute atomic E-state index is 0.0801. The molecular formula is C15H26ClN5O. The minimum Gasteiger partial charge on any atom is -0.357 e. The molecule has 0 aliphatic carbocycles. The van der Waals surface area contributed by atoms with Gasteiger partial charge in [0.25, 0.3) is 0 Å². The normalized spacial score (nSPS) is 11.5. The predicted octanol–water partition coefficient (Wildman–Crippen LogP) is 1.55. The number of nitrogens with zero attached hydrogens (tertiary/aromatic N) is 4. The molecule has 1 aromatic rings. The van der Waals surface area contributed by atoms with Crippen molar-refractivity contribution >= 4 is 23.5 Å². The molecule has 0 saturated heterocycles. The monoisotopic (exact) mass is 327 g/mol. The van der Waals surface area contributed by atoms with Gasteiger partial charge in [0, 0.05) is 53.0 Å². The number of carbonyl (C=O) groups is 1. The Bertz CT molecular complexity index is 524. The highest BCUT2D eigenvalue weighted by Gasteiger charge is 2.10. The van der Waals surface area contributed by atoms with E-state index in [9.17, 15) is 4.79 Å². The van der Waals surface area contributed by atoms with E-state index in [-0.39, 0.29) is 5.91 Å². The van der Waals surface area contributed by atoms with Crippen molar-refractivity contribution in [2.45, 2.75) is 19.9 Å². The van der Waals surface area contributed by atoms with E-state index in [1.807, 2.05) is 42.7 Å². The maximum atomic E-state index is 11.6. The van der Waals surface area contributed by atoms with Crippen LogP contribution < -0.4 is 5.32 Å². The fourth-order valence-electron chi connectivity index (χ4n) is 1.99. The molecular weight excluding hydrogens is 302 g/mol. The molecule has 0 radical (unpaired) electrons. The number of carbonyl (C=O) groups excluding carboxylic acids is 1. The lowest BCUT2D eigenvalue weighted by Crippen LogP contribution is -2.39. The lowest BCUT2D eigenvalue weighted by atomic mass is 10.4. The summed E-state index contributed by atoms with van der Waals surface area (Å²) in [6.45, 7) is 3.96. The van der Waals surface area contributed by atoms with Crippen LogP contribution in [-0.2, 0) is 18.4 Å². The molecule has 1 N–H and O–H groups in total. The number of aliphatic imine (C=N–C) groups is 1. The van der Waals surface area contributed by atoms with Crippen molar-refractivity contribution in [3.05, 3.63) is 23.0 Å². The van der Waals surface area contributed by atoms with Gasteiger partial charge in [0.1, 0.15) is 0 Å². The summed E-state index contributed by atoms with van der Waals surface area (Å²) in [5.41, 5.74) is 1.10. The summed E-state index contributed by atoms with van der Waals surface area (Å²) in [6, 6.07) is 1.94. The zero-order chi connectivity index (χ0) is 16.7. The molecule has 1 aromatic heterocycles. The Labute approximate surface area is 137 Å². The highest BCUT2D eigenvalue weighted by Crippen LogP contribution is 2.14. The molecule has 0 fully saturated rings. The predicted molar refractivity (Wildman–Crippen MR) is 91.2 cm³/mol. The van der Waals surface area contributed by atoms with Crippen molar-refractivity contribution < 1.29 is 4.79 Å². The number of rotatable bonds is 6. The molecule has 0 bridgehead atoms. The van der Waals surface area contributed by atoms with Gasteiger partial charge in [0.05, 0.1) is 18.1 Å². The van der Waals surface area contributed by atoms with E-state index < -0.39 is 0 Å². The summed E-state index contributed by atoms with van der Waals surface area (Å²) in [4.78, 5) is 19.7. The third-order valence-corrected chi connectivity index (χ3v) is 3.46. The molecule has 124 valence electrons. The fraction of sp³-hybridized carbons (Fsp3) is 0.600. The van der Waals surface area contributed by atoms with Crippen molar-refractivity contribution in [1.29, 1.82) is 0 Å². The largest absolute Gasteiger partial charge is 0.357 e. The van der Waals surface area contributed by atoms with Crippen molar-refractivity contribution in [2.75, 3.05) is 34.2 Å². The third kappa shape index (κ3) is 5.60. The zero-order valence-electron chi connectivity index (χ0n) is 14.1. The molecule has 0 aliphatic rings. The van der Waals surface area contributed by atoms with E-state index in [0.717, 1.165) is 23.2 Å². The first-order chi connectivity index (χ1) is 10.3. The van der Waals surface area contributed by atoms with Gasteiger partial charge in [0.15, 0.2) is 5.96 Å². The molecule has 1 heterocycles. The summed E-state index contributed by atoms with van der Waals surface area (Å²) in [6.07, 6.45) is 2.29. The summed E-state index contributed by atoms with van der Waals surface area (Å²) in [5.74, 6) is 0.864. The second kappa shape index (κ2) is 8.68. The Kier molecular flexibility index (Phi) is 7.24. The standard InChI is InChI=1S/C15H26ClN5O/c1-6-17-15(18-8-7-14(22)19(2)3)21(5)11-13-9-12(16)10-20(13)4/h9-10H,6-8,11H2,1-5H3,(H,17,18). The maximum absolute atomic E-state index is 11.6. The van der Waals surface area contributed by atoms with Gasteiger partial charge in [0.2, 0.25) is 5.91 Å².